The highest BCUT2D eigenvalue weighted by Gasteiger charge is 2.38. The van der Waals surface area contributed by atoms with Gasteiger partial charge >= 0.3 is 0 Å². The van der Waals surface area contributed by atoms with Gasteiger partial charge in [0.05, 0.1) is 11.4 Å². The second-order valence-corrected chi connectivity index (χ2v) is 16.0. The molecule has 0 atom stereocenters. The third-order valence-corrected chi connectivity index (χ3v) is 12.6. The van der Waals surface area contributed by atoms with Crippen LogP contribution in [0.4, 0.5) is 0 Å². The lowest BCUT2D eigenvalue weighted by molar-refractivity contribution is 0.666. The second kappa shape index (κ2) is 11.8. The van der Waals surface area contributed by atoms with Crippen molar-refractivity contribution >= 4 is 53.1 Å². The monoisotopic (exact) mass is 706 g/mol. The van der Waals surface area contributed by atoms with Crippen molar-refractivity contribution < 1.29 is 0 Å². The van der Waals surface area contributed by atoms with Crippen molar-refractivity contribution in [3.8, 4) is 56.2 Å². The number of nitrogens with zero attached hydrogens (tertiary/aromatic N) is 2. The van der Waals surface area contributed by atoms with E-state index in [4.69, 9.17) is 9.97 Å². The predicted octanol–water partition coefficient (Wildman–Crippen LogP) is 14.1. The Balaban J connectivity index is 1.12. The first kappa shape index (κ1) is 31.1. The maximum atomic E-state index is 5.28. The van der Waals surface area contributed by atoms with Crippen LogP contribution in [0.2, 0.25) is 0 Å². The van der Waals surface area contributed by atoms with Crippen LogP contribution in [0.3, 0.4) is 0 Å². The summed E-state index contributed by atoms with van der Waals surface area (Å²) in [7, 11) is 0. The molecule has 0 bridgehead atoms. The van der Waals surface area contributed by atoms with Crippen LogP contribution in [0.25, 0.3) is 97.9 Å². The van der Waals surface area contributed by atoms with Crippen LogP contribution >= 0.6 is 11.3 Å². The maximum Gasteiger partial charge on any atom is 0.160 e. The van der Waals surface area contributed by atoms with Gasteiger partial charge in [-0.25, -0.2) is 9.97 Å². The van der Waals surface area contributed by atoms with Crippen molar-refractivity contribution in [1.29, 1.82) is 0 Å². The Hall–Kier alpha value is -6.42. The molecule has 0 saturated carbocycles. The number of rotatable bonds is 4. The topological polar surface area (TPSA) is 25.8 Å². The standard InChI is InChI=1S/C51H34N2S/c1-51(2)43-21-12-20-40(48(43)41-25-23-31-13-6-7-16-34(31)49(41)51)37-26-27-38(36-18-9-8-17-35(36)37)45-30-44(52-50(53-45)32-14-4-3-5-15-32)33-24-28-47-42(29-33)39-19-10-11-22-46(39)54-47/h3-30H,1-2H3. The summed E-state index contributed by atoms with van der Waals surface area (Å²) >= 11 is 1.84. The minimum Gasteiger partial charge on any atom is -0.228 e. The summed E-state index contributed by atoms with van der Waals surface area (Å²) in [6, 6.07) is 61.6. The van der Waals surface area contributed by atoms with Crippen molar-refractivity contribution in [1.82, 2.24) is 9.97 Å². The fraction of sp³-hybridized carbons (Fsp3) is 0.0588. The van der Waals surface area contributed by atoms with Gasteiger partial charge in [-0.1, -0.05) is 159 Å². The van der Waals surface area contributed by atoms with E-state index in [0.717, 1.165) is 33.9 Å². The molecule has 0 amide bonds. The summed E-state index contributed by atoms with van der Waals surface area (Å²) in [5, 5.41) is 7.55. The molecule has 8 aromatic carbocycles. The fourth-order valence-corrected chi connectivity index (χ4v) is 10.1. The molecule has 1 aliphatic carbocycles. The molecule has 0 unspecified atom stereocenters. The van der Waals surface area contributed by atoms with Gasteiger partial charge in [-0.15, -0.1) is 11.3 Å². The van der Waals surface area contributed by atoms with Gasteiger partial charge in [0.25, 0.3) is 0 Å². The molecule has 0 radical (unpaired) electrons. The lowest BCUT2D eigenvalue weighted by Gasteiger charge is -2.23. The molecule has 254 valence electrons. The molecule has 2 nitrogen and oxygen atoms in total. The lowest BCUT2D eigenvalue weighted by Crippen LogP contribution is -2.15. The Morgan fingerprint density at radius 1 is 0.426 bits per heavy atom. The fourth-order valence-electron chi connectivity index (χ4n) is 8.97. The smallest absolute Gasteiger partial charge is 0.160 e. The van der Waals surface area contributed by atoms with Crippen molar-refractivity contribution in [2.24, 2.45) is 0 Å². The minimum absolute atomic E-state index is 0.124. The van der Waals surface area contributed by atoms with Crippen LogP contribution in [-0.2, 0) is 5.41 Å². The van der Waals surface area contributed by atoms with Crippen LogP contribution in [0.1, 0.15) is 25.0 Å². The quantitative estimate of drug-likeness (QED) is 0.182. The molecule has 2 aromatic heterocycles. The van der Waals surface area contributed by atoms with E-state index in [1.165, 1.54) is 75.1 Å². The minimum atomic E-state index is -0.124. The van der Waals surface area contributed by atoms with E-state index in [0.29, 0.717) is 0 Å². The van der Waals surface area contributed by atoms with Gasteiger partial charge in [0, 0.05) is 42.3 Å². The molecular formula is C51H34N2S. The van der Waals surface area contributed by atoms with Crippen LogP contribution in [-0.4, -0.2) is 9.97 Å². The highest BCUT2D eigenvalue weighted by atomic mass is 32.1. The molecule has 11 rings (SSSR count). The Bertz CT molecular complexity index is 3130. The molecule has 10 aromatic rings. The maximum absolute atomic E-state index is 5.28. The summed E-state index contributed by atoms with van der Waals surface area (Å²) in [5.41, 5.74) is 12.8. The molecular weight excluding hydrogens is 673 g/mol. The molecule has 0 aliphatic heterocycles. The van der Waals surface area contributed by atoms with Gasteiger partial charge in [-0.3, -0.25) is 0 Å². The van der Waals surface area contributed by atoms with E-state index in [1.807, 2.05) is 17.4 Å². The number of fused-ring (bicyclic) bond motifs is 9. The predicted molar refractivity (Wildman–Crippen MR) is 229 cm³/mol. The van der Waals surface area contributed by atoms with E-state index in [1.54, 1.807) is 0 Å². The SMILES string of the molecule is CC1(C)c2cccc(-c3ccc(-c4cc(-c5ccc6sc7ccccc7c6c5)nc(-c5ccccc5)n4)c4ccccc34)c2-c2ccc3ccccc3c21. The lowest BCUT2D eigenvalue weighted by atomic mass is 9.80. The van der Waals surface area contributed by atoms with Gasteiger partial charge in [0.15, 0.2) is 5.82 Å². The Morgan fingerprint density at radius 2 is 1.09 bits per heavy atom. The van der Waals surface area contributed by atoms with E-state index >= 15 is 0 Å². The molecule has 0 fully saturated rings. The first-order chi connectivity index (χ1) is 26.5. The van der Waals surface area contributed by atoms with E-state index in [-0.39, 0.29) is 5.41 Å². The van der Waals surface area contributed by atoms with E-state index in [9.17, 15) is 0 Å². The summed E-state index contributed by atoms with van der Waals surface area (Å²) in [4.78, 5) is 10.5. The van der Waals surface area contributed by atoms with Crippen molar-refractivity contribution in [3.63, 3.8) is 0 Å². The third-order valence-electron chi connectivity index (χ3n) is 11.5. The molecule has 54 heavy (non-hydrogen) atoms. The van der Waals surface area contributed by atoms with Crippen LogP contribution in [0, 0.1) is 0 Å². The number of aromatic nitrogens is 2. The summed E-state index contributed by atoms with van der Waals surface area (Å²) in [6.45, 7) is 4.76. The summed E-state index contributed by atoms with van der Waals surface area (Å²) in [5.74, 6) is 0.721. The average molecular weight is 707 g/mol. The number of hydrogen-bond donors (Lipinski definition) is 0. The summed E-state index contributed by atoms with van der Waals surface area (Å²) in [6.07, 6.45) is 0. The van der Waals surface area contributed by atoms with Gasteiger partial charge < -0.3 is 0 Å². The Kier molecular flexibility index (Phi) is 6.80. The van der Waals surface area contributed by atoms with Crippen LogP contribution in [0.5, 0.6) is 0 Å². The normalized spacial score (nSPS) is 13.1. The molecule has 1 aliphatic rings. The van der Waals surface area contributed by atoms with Crippen molar-refractivity contribution in [2.75, 3.05) is 0 Å². The Morgan fingerprint density at radius 3 is 1.94 bits per heavy atom. The van der Waals surface area contributed by atoms with Gasteiger partial charge in [0.2, 0.25) is 0 Å². The highest BCUT2D eigenvalue weighted by Crippen LogP contribution is 2.55. The second-order valence-electron chi connectivity index (χ2n) is 14.9. The van der Waals surface area contributed by atoms with E-state index < -0.39 is 0 Å². The third kappa shape index (κ3) is 4.65. The molecule has 0 saturated heterocycles. The Labute approximate surface area is 318 Å². The molecule has 3 heteroatoms. The highest BCUT2D eigenvalue weighted by molar-refractivity contribution is 7.25. The van der Waals surface area contributed by atoms with Crippen LogP contribution < -0.4 is 0 Å². The zero-order valence-electron chi connectivity index (χ0n) is 30.0. The molecule has 0 N–H and O–H groups in total. The number of thiophene rings is 1. The first-order valence-electron chi connectivity index (χ1n) is 18.6. The van der Waals surface area contributed by atoms with Gasteiger partial charge in [0.1, 0.15) is 0 Å². The van der Waals surface area contributed by atoms with Crippen LogP contribution in [0.15, 0.2) is 170 Å². The zero-order valence-corrected chi connectivity index (χ0v) is 30.8. The van der Waals surface area contributed by atoms with Gasteiger partial charge in [-0.2, -0.15) is 0 Å². The first-order valence-corrected chi connectivity index (χ1v) is 19.4. The van der Waals surface area contributed by atoms with Crippen molar-refractivity contribution in [3.05, 3.63) is 181 Å². The largest absolute Gasteiger partial charge is 0.228 e. The van der Waals surface area contributed by atoms with Gasteiger partial charge in [-0.05, 0) is 79.2 Å². The number of hydrogen-bond acceptors (Lipinski definition) is 3. The van der Waals surface area contributed by atoms with Crippen molar-refractivity contribution in [2.45, 2.75) is 19.3 Å². The van der Waals surface area contributed by atoms with E-state index in [2.05, 4.69) is 178 Å². The number of benzene rings is 8. The average Bonchev–Trinajstić information content (AvgIpc) is 3.72. The summed E-state index contributed by atoms with van der Waals surface area (Å²) < 4.78 is 2.58. The molecule has 2 heterocycles. The molecule has 0 spiro atoms. The zero-order chi connectivity index (χ0) is 36.0.